The highest BCUT2D eigenvalue weighted by Gasteiger charge is 2.34. The van der Waals surface area contributed by atoms with Gasteiger partial charge in [0, 0.05) is 49.8 Å². The van der Waals surface area contributed by atoms with Crippen molar-refractivity contribution in [3.05, 3.63) is 96.3 Å². The average molecular weight is 717 g/mol. The Bertz CT molecular complexity index is 1370. The largest absolute Gasteiger partial charge is 0.354 e. The van der Waals surface area contributed by atoms with E-state index in [0.29, 0.717) is 24.9 Å². The predicted octanol–water partition coefficient (Wildman–Crippen LogP) is 9.39. The lowest BCUT2D eigenvalue weighted by Gasteiger charge is -2.37. The summed E-state index contributed by atoms with van der Waals surface area (Å²) in [5.74, 6) is 4.36. The van der Waals surface area contributed by atoms with Crippen LogP contribution in [0.2, 0.25) is 0 Å². The molecule has 1 aliphatic carbocycles. The van der Waals surface area contributed by atoms with Gasteiger partial charge in [0.25, 0.3) is 0 Å². The zero-order valence-electron chi connectivity index (χ0n) is 30.3. The molecule has 1 saturated carbocycles. The first-order chi connectivity index (χ1) is 24.7. The zero-order chi connectivity index (χ0) is 35.5. The van der Waals surface area contributed by atoms with E-state index in [4.69, 9.17) is 21.4 Å². The second kappa shape index (κ2) is 26.6. The molecule has 2 aromatic heterocycles. The Balaban J connectivity index is 0.000000249. The molecule has 0 spiro atoms. The number of aromatic nitrogens is 4. The standard InChI is InChI=1S/C22H32N4S.C12H22N4S.C6H6/c1-2-3-4-8-14-24-22-25-20(16-21(26-22)27-15-13-23)19-12-11-18(19)17-9-6-5-7-10-17;1-2-3-4-5-8-14-12-15-9-6-11(16-12)17-10-7-13;1-2-4-6-5-3-1/h5-7,9-10,16,18-19H,2-4,8,11-15,23H2,1H3,(H,24,25,26);6,9H,2-5,7-8,10,13H2,1H3,(H,14,15,16);1-6H. The first-order valence-electron chi connectivity index (χ1n) is 18.6. The Morgan fingerprint density at radius 1 is 0.620 bits per heavy atom. The number of nitrogens with zero attached hydrogens (tertiary/aromatic N) is 4. The highest BCUT2D eigenvalue weighted by atomic mass is 32.2. The summed E-state index contributed by atoms with van der Waals surface area (Å²) in [7, 11) is 0. The molecule has 8 nitrogen and oxygen atoms in total. The lowest BCUT2D eigenvalue weighted by Crippen LogP contribution is -2.23. The Morgan fingerprint density at radius 2 is 1.16 bits per heavy atom. The lowest BCUT2D eigenvalue weighted by molar-refractivity contribution is 0.339. The van der Waals surface area contributed by atoms with Gasteiger partial charge in [-0.2, -0.15) is 0 Å². The summed E-state index contributed by atoms with van der Waals surface area (Å²) in [5, 5.41) is 8.73. The maximum Gasteiger partial charge on any atom is 0.223 e. The number of nitrogens with two attached hydrogens (primary N) is 2. The van der Waals surface area contributed by atoms with E-state index in [1.54, 1.807) is 29.7 Å². The van der Waals surface area contributed by atoms with E-state index in [-0.39, 0.29) is 0 Å². The van der Waals surface area contributed by atoms with E-state index in [2.05, 4.69) is 70.8 Å². The van der Waals surface area contributed by atoms with Crippen LogP contribution in [0.1, 0.15) is 101 Å². The number of hydrogen-bond donors (Lipinski definition) is 4. The van der Waals surface area contributed by atoms with Crippen molar-refractivity contribution in [3.63, 3.8) is 0 Å². The number of hydrogen-bond acceptors (Lipinski definition) is 10. The first-order valence-corrected chi connectivity index (χ1v) is 20.6. The van der Waals surface area contributed by atoms with Gasteiger partial charge < -0.3 is 22.1 Å². The van der Waals surface area contributed by atoms with Crippen LogP contribution in [-0.2, 0) is 0 Å². The van der Waals surface area contributed by atoms with Crippen LogP contribution in [0.3, 0.4) is 0 Å². The van der Waals surface area contributed by atoms with Gasteiger partial charge in [-0.05, 0) is 49.3 Å². The third-order valence-electron chi connectivity index (χ3n) is 8.26. The highest BCUT2D eigenvalue weighted by Crippen LogP contribution is 2.48. The second-order valence-corrected chi connectivity index (χ2v) is 14.5. The van der Waals surface area contributed by atoms with Crippen molar-refractivity contribution in [1.29, 1.82) is 0 Å². The third-order valence-corrected chi connectivity index (χ3v) is 10.2. The maximum atomic E-state index is 5.69. The topological polar surface area (TPSA) is 128 Å². The Hall–Kier alpha value is -3.18. The Labute approximate surface area is 310 Å². The van der Waals surface area contributed by atoms with Crippen molar-refractivity contribution in [3.8, 4) is 0 Å². The zero-order valence-corrected chi connectivity index (χ0v) is 31.9. The summed E-state index contributed by atoms with van der Waals surface area (Å²) in [6.45, 7) is 7.69. The van der Waals surface area contributed by atoms with Crippen molar-refractivity contribution in [1.82, 2.24) is 19.9 Å². The molecule has 10 heteroatoms. The van der Waals surface area contributed by atoms with Crippen LogP contribution in [0.15, 0.2) is 95.1 Å². The van der Waals surface area contributed by atoms with Gasteiger partial charge in [-0.3, -0.25) is 0 Å². The lowest BCUT2D eigenvalue weighted by atomic mass is 9.68. The molecule has 0 bridgehead atoms. The van der Waals surface area contributed by atoms with Crippen LogP contribution in [0, 0.1) is 0 Å². The molecule has 2 aromatic carbocycles. The molecule has 0 amide bonds. The molecule has 0 aliphatic heterocycles. The average Bonchev–Trinajstić information content (AvgIpc) is 3.14. The molecule has 5 rings (SSSR count). The van der Waals surface area contributed by atoms with Crippen molar-refractivity contribution in [2.45, 2.75) is 99.9 Å². The fourth-order valence-corrected chi connectivity index (χ4v) is 6.78. The Morgan fingerprint density at radius 3 is 1.72 bits per heavy atom. The summed E-state index contributed by atoms with van der Waals surface area (Å²) in [4.78, 5) is 18.2. The van der Waals surface area contributed by atoms with Crippen molar-refractivity contribution in [2.24, 2.45) is 11.5 Å². The molecule has 0 saturated heterocycles. The van der Waals surface area contributed by atoms with Crippen molar-refractivity contribution in [2.75, 3.05) is 48.3 Å². The highest BCUT2D eigenvalue weighted by molar-refractivity contribution is 7.99. The van der Waals surface area contributed by atoms with Crippen LogP contribution in [0.25, 0.3) is 0 Å². The Kier molecular flexibility index (Phi) is 21.9. The normalized spacial score (nSPS) is 14.7. The van der Waals surface area contributed by atoms with Gasteiger partial charge in [-0.15, -0.1) is 23.5 Å². The van der Waals surface area contributed by atoms with Crippen LogP contribution in [-0.4, -0.2) is 57.6 Å². The van der Waals surface area contributed by atoms with Gasteiger partial charge in [-0.1, -0.05) is 119 Å². The van der Waals surface area contributed by atoms with Gasteiger partial charge in [0.2, 0.25) is 11.9 Å². The molecule has 6 N–H and O–H groups in total. The fraction of sp³-hybridized carbons (Fsp3) is 0.500. The third kappa shape index (κ3) is 16.7. The summed E-state index contributed by atoms with van der Waals surface area (Å²) in [6, 6.07) is 27.0. The maximum absolute atomic E-state index is 5.69. The molecule has 1 fully saturated rings. The number of anilines is 2. The molecule has 2 heterocycles. The first kappa shape index (κ1) is 41.2. The summed E-state index contributed by atoms with van der Waals surface area (Å²) in [5.41, 5.74) is 13.8. The number of unbranched alkanes of at least 4 members (excludes halogenated alkanes) is 6. The van der Waals surface area contributed by atoms with E-state index < -0.39 is 0 Å². The SMILES string of the molecule is CCCCCCNc1nc(SCCN)cc(C2CCC2c2ccccc2)n1.CCCCCCNc1nccc(SCCN)n1.c1ccccc1. The predicted molar refractivity (Wildman–Crippen MR) is 216 cm³/mol. The van der Waals surface area contributed by atoms with Gasteiger partial charge >= 0.3 is 0 Å². The van der Waals surface area contributed by atoms with Gasteiger partial charge in [0.1, 0.15) is 10.1 Å². The monoisotopic (exact) mass is 716 g/mol. The van der Waals surface area contributed by atoms with E-state index in [1.165, 1.54) is 75.5 Å². The van der Waals surface area contributed by atoms with Crippen LogP contribution in [0.5, 0.6) is 0 Å². The molecule has 0 radical (unpaired) electrons. The fourth-order valence-electron chi connectivity index (χ4n) is 5.46. The minimum absolute atomic E-state index is 0.494. The number of thioether (sulfide) groups is 2. The molecule has 2 unspecified atom stereocenters. The van der Waals surface area contributed by atoms with Gasteiger partial charge in [-0.25, -0.2) is 19.9 Å². The minimum Gasteiger partial charge on any atom is -0.354 e. The number of rotatable bonds is 20. The molecule has 4 aromatic rings. The van der Waals surface area contributed by atoms with Crippen LogP contribution >= 0.6 is 23.5 Å². The van der Waals surface area contributed by atoms with Crippen molar-refractivity contribution >= 4 is 35.4 Å². The number of nitrogens with one attached hydrogen (secondary N) is 2. The molecule has 272 valence electrons. The smallest absolute Gasteiger partial charge is 0.223 e. The summed E-state index contributed by atoms with van der Waals surface area (Å²) in [6.07, 6.45) is 14.2. The molecule has 50 heavy (non-hydrogen) atoms. The van der Waals surface area contributed by atoms with Gasteiger partial charge in [0.15, 0.2) is 0 Å². The van der Waals surface area contributed by atoms with E-state index in [9.17, 15) is 0 Å². The number of benzene rings is 2. The summed E-state index contributed by atoms with van der Waals surface area (Å²) < 4.78 is 0. The quantitative estimate of drug-likeness (QED) is 0.0399. The molecule has 1 aliphatic rings. The van der Waals surface area contributed by atoms with Crippen molar-refractivity contribution < 1.29 is 0 Å². The second-order valence-electron chi connectivity index (χ2n) is 12.3. The summed E-state index contributed by atoms with van der Waals surface area (Å²) >= 11 is 3.39. The van der Waals surface area contributed by atoms with E-state index in [0.717, 1.165) is 46.5 Å². The molecular weight excluding hydrogens is 657 g/mol. The van der Waals surface area contributed by atoms with Gasteiger partial charge in [0.05, 0.1) is 5.69 Å². The molecular formula is C40H60N8S2. The molecule has 2 atom stereocenters. The minimum atomic E-state index is 0.494. The van der Waals surface area contributed by atoms with Crippen LogP contribution in [0.4, 0.5) is 11.9 Å². The van der Waals surface area contributed by atoms with Crippen LogP contribution < -0.4 is 22.1 Å². The van der Waals surface area contributed by atoms with E-state index >= 15 is 0 Å². The van der Waals surface area contributed by atoms with E-state index in [1.807, 2.05) is 42.5 Å².